The number of amides is 1. The third kappa shape index (κ3) is 3.65. The molecule has 0 radical (unpaired) electrons. The predicted molar refractivity (Wildman–Crippen MR) is 88.2 cm³/mol. The Morgan fingerprint density at radius 2 is 2.48 bits per heavy atom. The molecule has 1 N–H and O–H groups in total. The lowest BCUT2D eigenvalue weighted by Crippen LogP contribution is -2.50. The summed E-state index contributed by atoms with van der Waals surface area (Å²) in [4.78, 5) is 16.8. The molecule has 4 heterocycles. The lowest BCUT2D eigenvalue weighted by Gasteiger charge is -2.32. The first-order valence-corrected chi connectivity index (χ1v) is 8.79. The van der Waals surface area contributed by atoms with E-state index in [0.29, 0.717) is 37.5 Å². The van der Waals surface area contributed by atoms with Crippen molar-refractivity contribution in [2.75, 3.05) is 13.2 Å². The Kier molecular flexibility index (Phi) is 4.63. The SMILES string of the molecule is O=C(N[C@@H]1CCOC[C@H]1OCc1cscn1)c1ccn2nnnc2c1. The first-order valence-electron chi connectivity index (χ1n) is 7.84. The van der Waals surface area contributed by atoms with Crippen LogP contribution in [0.25, 0.3) is 5.65 Å². The summed E-state index contributed by atoms with van der Waals surface area (Å²) in [6.07, 6.45) is 2.14. The molecule has 4 rings (SSSR count). The molecular weight excluding hydrogens is 344 g/mol. The van der Waals surface area contributed by atoms with Crippen LogP contribution in [0.4, 0.5) is 0 Å². The normalized spacial score (nSPS) is 20.6. The number of carbonyl (C=O) groups is 1. The molecule has 1 aliphatic heterocycles. The van der Waals surface area contributed by atoms with Crippen LogP contribution in [0.15, 0.2) is 29.2 Å². The van der Waals surface area contributed by atoms with Gasteiger partial charge in [-0.1, -0.05) is 0 Å². The fraction of sp³-hybridized carbons (Fsp3) is 0.400. The average Bonchev–Trinajstić information content (AvgIpc) is 3.31. The molecule has 0 bridgehead atoms. The van der Waals surface area contributed by atoms with Gasteiger partial charge in [-0.15, -0.1) is 16.4 Å². The average molecular weight is 360 g/mol. The van der Waals surface area contributed by atoms with Crippen LogP contribution >= 0.6 is 11.3 Å². The van der Waals surface area contributed by atoms with Crippen LogP contribution in [0, 0.1) is 0 Å². The quantitative estimate of drug-likeness (QED) is 0.714. The second-order valence-corrected chi connectivity index (χ2v) is 6.39. The van der Waals surface area contributed by atoms with E-state index < -0.39 is 0 Å². The van der Waals surface area contributed by atoms with Crippen molar-refractivity contribution in [1.29, 1.82) is 0 Å². The molecule has 0 spiro atoms. The summed E-state index contributed by atoms with van der Waals surface area (Å²) in [5, 5.41) is 16.2. The van der Waals surface area contributed by atoms with Crippen LogP contribution < -0.4 is 5.32 Å². The molecule has 1 fully saturated rings. The first kappa shape index (κ1) is 16.1. The Morgan fingerprint density at radius 3 is 3.36 bits per heavy atom. The van der Waals surface area contributed by atoms with Crippen molar-refractivity contribution in [2.45, 2.75) is 25.2 Å². The second kappa shape index (κ2) is 7.21. The summed E-state index contributed by atoms with van der Waals surface area (Å²) in [7, 11) is 0. The zero-order valence-corrected chi connectivity index (χ0v) is 14.1. The van der Waals surface area contributed by atoms with Crippen molar-refractivity contribution in [1.82, 2.24) is 30.3 Å². The lowest BCUT2D eigenvalue weighted by molar-refractivity contribution is -0.0742. The number of tetrazole rings is 1. The lowest BCUT2D eigenvalue weighted by atomic mass is 10.1. The molecule has 0 aromatic carbocycles. The van der Waals surface area contributed by atoms with Crippen LogP contribution in [0.5, 0.6) is 0 Å². The summed E-state index contributed by atoms with van der Waals surface area (Å²) in [5.41, 5.74) is 3.68. The predicted octanol–water partition coefficient (Wildman–Crippen LogP) is 0.685. The van der Waals surface area contributed by atoms with Crippen LogP contribution in [0.1, 0.15) is 22.5 Å². The van der Waals surface area contributed by atoms with Gasteiger partial charge in [-0.3, -0.25) is 4.79 Å². The van der Waals surface area contributed by atoms with Crippen molar-refractivity contribution in [3.05, 3.63) is 40.5 Å². The van der Waals surface area contributed by atoms with Gasteiger partial charge in [0.1, 0.15) is 6.10 Å². The fourth-order valence-electron chi connectivity index (χ4n) is 2.68. The molecule has 1 saturated heterocycles. The minimum Gasteiger partial charge on any atom is -0.379 e. The number of carbonyl (C=O) groups excluding carboxylic acids is 1. The van der Waals surface area contributed by atoms with Gasteiger partial charge in [0.15, 0.2) is 5.65 Å². The number of thiazole rings is 1. The maximum Gasteiger partial charge on any atom is 0.251 e. The van der Waals surface area contributed by atoms with Gasteiger partial charge in [0, 0.05) is 23.7 Å². The van der Waals surface area contributed by atoms with Crippen molar-refractivity contribution < 1.29 is 14.3 Å². The molecule has 3 aromatic rings. The third-order valence-corrected chi connectivity index (χ3v) is 4.64. The number of hydrogen-bond donors (Lipinski definition) is 1. The van der Waals surface area contributed by atoms with E-state index in [4.69, 9.17) is 9.47 Å². The number of aromatic nitrogens is 5. The van der Waals surface area contributed by atoms with Crippen molar-refractivity contribution >= 4 is 22.9 Å². The minimum atomic E-state index is -0.210. The Bertz CT molecular complexity index is 852. The van der Waals surface area contributed by atoms with Gasteiger partial charge in [0.05, 0.1) is 30.5 Å². The van der Waals surface area contributed by atoms with E-state index in [-0.39, 0.29) is 18.1 Å². The van der Waals surface area contributed by atoms with Crippen LogP contribution in [0.3, 0.4) is 0 Å². The molecule has 0 aliphatic carbocycles. The van der Waals surface area contributed by atoms with Gasteiger partial charge >= 0.3 is 0 Å². The molecule has 25 heavy (non-hydrogen) atoms. The van der Waals surface area contributed by atoms with Crippen molar-refractivity contribution in [3.8, 4) is 0 Å². The molecule has 130 valence electrons. The highest BCUT2D eigenvalue weighted by molar-refractivity contribution is 7.07. The molecule has 1 aliphatic rings. The second-order valence-electron chi connectivity index (χ2n) is 5.67. The standard InChI is InChI=1S/C15H16N6O3S/c22-15(10-1-3-21-14(5-10)18-19-20-21)17-12-2-4-23-7-13(12)24-6-11-8-25-9-16-11/h1,3,5,8-9,12-13H,2,4,6-7H2,(H,17,22)/t12-,13-/m1/s1. The minimum absolute atomic E-state index is 0.118. The number of nitrogens with zero attached hydrogens (tertiary/aromatic N) is 5. The molecule has 2 atom stereocenters. The van der Waals surface area contributed by atoms with Crippen LogP contribution in [0.2, 0.25) is 0 Å². The summed E-state index contributed by atoms with van der Waals surface area (Å²) in [6.45, 7) is 1.44. The monoisotopic (exact) mass is 360 g/mol. The number of ether oxygens (including phenoxy) is 2. The van der Waals surface area contributed by atoms with Gasteiger partial charge in [-0.25, -0.2) is 9.50 Å². The van der Waals surface area contributed by atoms with Crippen LogP contribution in [-0.2, 0) is 16.1 Å². The maximum atomic E-state index is 12.6. The van der Waals surface area contributed by atoms with E-state index in [2.05, 4.69) is 25.8 Å². The Morgan fingerprint density at radius 1 is 1.52 bits per heavy atom. The van der Waals surface area contributed by atoms with Crippen molar-refractivity contribution in [3.63, 3.8) is 0 Å². The summed E-state index contributed by atoms with van der Waals surface area (Å²) >= 11 is 1.53. The summed E-state index contributed by atoms with van der Waals surface area (Å²) in [5.74, 6) is -0.181. The first-order chi connectivity index (χ1) is 12.3. The molecular formula is C15H16N6O3S. The Hall–Kier alpha value is -2.43. The molecule has 10 heteroatoms. The smallest absolute Gasteiger partial charge is 0.251 e. The topological polar surface area (TPSA) is 104 Å². The summed E-state index contributed by atoms with van der Waals surface area (Å²) < 4.78 is 12.9. The number of nitrogens with one attached hydrogen (secondary N) is 1. The van der Waals surface area contributed by atoms with E-state index in [1.165, 1.54) is 15.9 Å². The zero-order valence-electron chi connectivity index (χ0n) is 13.2. The van der Waals surface area contributed by atoms with Crippen molar-refractivity contribution in [2.24, 2.45) is 0 Å². The van der Waals surface area contributed by atoms with E-state index in [0.717, 1.165) is 5.69 Å². The van der Waals surface area contributed by atoms with Gasteiger partial charge in [-0.2, -0.15) is 0 Å². The van der Waals surface area contributed by atoms with Gasteiger partial charge in [0.2, 0.25) is 0 Å². The third-order valence-electron chi connectivity index (χ3n) is 4.01. The van der Waals surface area contributed by atoms with Crippen LogP contribution in [-0.4, -0.2) is 56.3 Å². The number of hydrogen-bond acceptors (Lipinski definition) is 8. The highest BCUT2D eigenvalue weighted by atomic mass is 32.1. The molecule has 3 aromatic heterocycles. The largest absolute Gasteiger partial charge is 0.379 e. The molecule has 9 nitrogen and oxygen atoms in total. The van der Waals surface area contributed by atoms with E-state index in [1.54, 1.807) is 23.8 Å². The zero-order chi connectivity index (χ0) is 17.1. The summed E-state index contributed by atoms with van der Waals surface area (Å²) in [6, 6.07) is 3.22. The number of rotatable bonds is 5. The fourth-order valence-corrected chi connectivity index (χ4v) is 3.22. The molecule has 0 saturated carbocycles. The molecule has 0 unspecified atom stereocenters. The highest BCUT2D eigenvalue weighted by Crippen LogP contribution is 2.15. The van der Waals surface area contributed by atoms with Gasteiger partial charge in [0.25, 0.3) is 5.91 Å². The highest BCUT2D eigenvalue weighted by Gasteiger charge is 2.28. The van der Waals surface area contributed by atoms with Gasteiger partial charge < -0.3 is 14.8 Å². The maximum absolute atomic E-state index is 12.6. The molecule has 1 amide bonds. The van der Waals surface area contributed by atoms with E-state index in [1.807, 2.05) is 5.38 Å². The number of fused-ring (bicyclic) bond motifs is 1. The Balaban J connectivity index is 1.42. The van der Waals surface area contributed by atoms with Gasteiger partial charge in [-0.05, 0) is 29.0 Å². The Labute approximate surface area is 147 Å². The number of pyridine rings is 1. The van der Waals surface area contributed by atoms with E-state index in [9.17, 15) is 4.79 Å². The van der Waals surface area contributed by atoms with E-state index >= 15 is 0 Å².